The van der Waals surface area contributed by atoms with E-state index in [2.05, 4.69) is 145 Å². The lowest BCUT2D eigenvalue weighted by Gasteiger charge is -2.06. The molecule has 0 N–H and O–H groups in total. The number of hydrogen-bond acceptors (Lipinski definition) is 3. The van der Waals surface area contributed by atoms with Crippen molar-refractivity contribution in [1.82, 2.24) is 9.97 Å². The molecule has 0 spiro atoms. The maximum Gasteiger partial charge on any atom is 0.0636 e. The second kappa shape index (κ2) is 11.1. The van der Waals surface area contributed by atoms with Crippen LogP contribution < -0.4 is 0 Å². The summed E-state index contributed by atoms with van der Waals surface area (Å²) in [6, 6.07) is 34.4. The third-order valence-electron chi connectivity index (χ3n) is 6.71. The van der Waals surface area contributed by atoms with E-state index in [0.717, 1.165) is 22.2 Å². The molecule has 0 aliphatic heterocycles. The molecule has 3 heteroatoms. The summed E-state index contributed by atoms with van der Waals surface area (Å²) >= 11 is 1.76. The maximum atomic E-state index is 4.67. The first kappa shape index (κ1) is 24.8. The molecule has 39 heavy (non-hydrogen) atoms. The van der Waals surface area contributed by atoms with Gasteiger partial charge in [0, 0.05) is 33.0 Å². The summed E-state index contributed by atoms with van der Waals surface area (Å²) in [6.45, 7) is 4.20. The number of pyridine rings is 2. The Balaban J connectivity index is 1.16. The number of benzene rings is 4. The molecule has 4 aromatic carbocycles. The van der Waals surface area contributed by atoms with E-state index < -0.39 is 0 Å². The lowest BCUT2D eigenvalue weighted by Crippen LogP contribution is -1.84. The number of fused-ring (bicyclic) bond motifs is 2. The van der Waals surface area contributed by atoms with Crippen LogP contribution in [0.3, 0.4) is 0 Å². The summed E-state index contributed by atoms with van der Waals surface area (Å²) < 4.78 is 0. The van der Waals surface area contributed by atoms with E-state index >= 15 is 0 Å². The fraction of sp³-hybridized carbons (Fsp3) is 0.0556. The van der Waals surface area contributed by atoms with Crippen LogP contribution in [0.5, 0.6) is 0 Å². The van der Waals surface area contributed by atoms with Crippen LogP contribution in [0.1, 0.15) is 33.6 Å². The predicted octanol–water partition coefficient (Wildman–Crippen LogP) is 9.89. The van der Waals surface area contributed by atoms with Crippen LogP contribution in [0, 0.1) is 13.8 Å². The van der Waals surface area contributed by atoms with Crippen LogP contribution in [0.25, 0.3) is 45.8 Å². The quantitative estimate of drug-likeness (QED) is 0.218. The van der Waals surface area contributed by atoms with E-state index in [-0.39, 0.29) is 0 Å². The highest BCUT2D eigenvalue weighted by atomic mass is 32.2. The van der Waals surface area contributed by atoms with Crippen molar-refractivity contribution in [3.05, 3.63) is 143 Å². The zero-order chi connectivity index (χ0) is 26.6. The van der Waals surface area contributed by atoms with Gasteiger partial charge >= 0.3 is 0 Å². The smallest absolute Gasteiger partial charge is 0.0636 e. The van der Waals surface area contributed by atoms with E-state index in [1.807, 2.05) is 12.4 Å². The average Bonchev–Trinajstić information content (AvgIpc) is 2.96. The first-order valence-electron chi connectivity index (χ1n) is 13.0. The van der Waals surface area contributed by atoms with Crippen LogP contribution in [0.2, 0.25) is 0 Å². The Morgan fingerprint density at radius 1 is 0.462 bits per heavy atom. The number of aryl methyl sites for hydroxylation is 2. The molecule has 2 heterocycles. The molecule has 0 aliphatic carbocycles. The van der Waals surface area contributed by atoms with Gasteiger partial charge in [0.15, 0.2) is 0 Å². The monoisotopic (exact) mass is 520 g/mol. The van der Waals surface area contributed by atoms with Crippen LogP contribution >= 0.6 is 11.8 Å². The standard InChI is InChI=1S/C36H28N2S/c1-25-3-7-27(8-4-25)11-15-33-19-29-13-17-35(21-31(29)23-37-33)39-36-18-14-30-20-34(38-24-32(30)22-36)16-12-28-9-5-26(2)6-10-28/h3-24H,1-2H3. The summed E-state index contributed by atoms with van der Waals surface area (Å²) in [7, 11) is 0. The number of rotatable bonds is 6. The second-order valence-corrected chi connectivity index (χ2v) is 11.0. The van der Waals surface area contributed by atoms with Crippen LogP contribution in [-0.2, 0) is 0 Å². The normalized spacial score (nSPS) is 11.7. The minimum Gasteiger partial charge on any atom is -0.256 e. The fourth-order valence-electron chi connectivity index (χ4n) is 4.44. The molecular weight excluding hydrogens is 492 g/mol. The maximum absolute atomic E-state index is 4.67. The van der Waals surface area contributed by atoms with Gasteiger partial charge in [-0.15, -0.1) is 0 Å². The lowest BCUT2D eigenvalue weighted by molar-refractivity contribution is 1.32. The van der Waals surface area contributed by atoms with Gasteiger partial charge in [-0.05, 0) is 84.3 Å². The Bertz CT molecular complexity index is 1700. The highest BCUT2D eigenvalue weighted by Crippen LogP contribution is 2.32. The summed E-state index contributed by atoms with van der Waals surface area (Å²) in [6.07, 6.45) is 12.3. The van der Waals surface area contributed by atoms with Crippen molar-refractivity contribution in [2.75, 3.05) is 0 Å². The predicted molar refractivity (Wildman–Crippen MR) is 168 cm³/mol. The summed E-state index contributed by atoms with van der Waals surface area (Å²) in [5, 5.41) is 4.65. The van der Waals surface area contributed by atoms with E-state index in [4.69, 9.17) is 0 Å². The largest absolute Gasteiger partial charge is 0.256 e. The van der Waals surface area contributed by atoms with Gasteiger partial charge in [-0.1, -0.05) is 95.7 Å². The second-order valence-electron chi connectivity index (χ2n) is 9.83. The third kappa shape index (κ3) is 6.17. The van der Waals surface area contributed by atoms with Crippen LogP contribution in [-0.4, -0.2) is 9.97 Å². The molecule has 6 aromatic rings. The van der Waals surface area contributed by atoms with Gasteiger partial charge in [0.05, 0.1) is 11.4 Å². The molecule has 0 saturated carbocycles. The molecule has 0 atom stereocenters. The molecule has 6 rings (SSSR count). The molecule has 2 aromatic heterocycles. The van der Waals surface area contributed by atoms with E-state index in [1.165, 1.54) is 42.8 Å². The van der Waals surface area contributed by atoms with Crippen molar-refractivity contribution < 1.29 is 0 Å². The minimum atomic E-state index is 0.957. The molecule has 0 amide bonds. The zero-order valence-electron chi connectivity index (χ0n) is 22.0. The van der Waals surface area contributed by atoms with Gasteiger partial charge < -0.3 is 0 Å². The van der Waals surface area contributed by atoms with Crippen molar-refractivity contribution in [3.63, 3.8) is 0 Å². The molecule has 0 bridgehead atoms. The Morgan fingerprint density at radius 3 is 1.33 bits per heavy atom. The third-order valence-corrected chi connectivity index (χ3v) is 7.69. The summed E-state index contributed by atoms with van der Waals surface area (Å²) in [5.41, 5.74) is 6.80. The Morgan fingerprint density at radius 2 is 0.897 bits per heavy atom. The van der Waals surface area contributed by atoms with Gasteiger partial charge in [-0.2, -0.15) is 0 Å². The van der Waals surface area contributed by atoms with Crippen molar-refractivity contribution >= 4 is 57.6 Å². The fourth-order valence-corrected chi connectivity index (χ4v) is 5.35. The SMILES string of the molecule is Cc1ccc(C=Cc2cc3ccc(Sc4ccc5cc(C=Cc6ccc(C)cc6)ncc5c4)cc3cn2)cc1. The number of nitrogens with zero attached hydrogens (tertiary/aromatic N) is 2. The first-order chi connectivity index (χ1) is 19.1. The molecule has 0 aliphatic rings. The van der Waals surface area contributed by atoms with E-state index in [1.54, 1.807) is 11.8 Å². The van der Waals surface area contributed by atoms with Gasteiger partial charge in [0.1, 0.15) is 0 Å². The highest BCUT2D eigenvalue weighted by molar-refractivity contribution is 7.99. The van der Waals surface area contributed by atoms with E-state index in [0.29, 0.717) is 0 Å². The minimum absolute atomic E-state index is 0.957. The lowest BCUT2D eigenvalue weighted by atomic mass is 10.1. The molecule has 0 unspecified atom stereocenters. The zero-order valence-corrected chi connectivity index (χ0v) is 22.8. The van der Waals surface area contributed by atoms with Crippen LogP contribution in [0.4, 0.5) is 0 Å². The Labute approximate surface area is 233 Å². The molecule has 0 saturated heterocycles. The van der Waals surface area contributed by atoms with Crippen molar-refractivity contribution in [2.24, 2.45) is 0 Å². The van der Waals surface area contributed by atoms with Crippen LogP contribution in [0.15, 0.2) is 119 Å². The average molecular weight is 521 g/mol. The topological polar surface area (TPSA) is 25.8 Å². The number of aromatic nitrogens is 2. The van der Waals surface area contributed by atoms with Gasteiger partial charge in [-0.25, -0.2) is 0 Å². The molecule has 2 nitrogen and oxygen atoms in total. The van der Waals surface area contributed by atoms with Crippen molar-refractivity contribution in [3.8, 4) is 0 Å². The Kier molecular flexibility index (Phi) is 7.07. The van der Waals surface area contributed by atoms with Crippen molar-refractivity contribution in [2.45, 2.75) is 23.6 Å². The highest BCUT2D eigenvalue weighted by Gasteiger charge is 2.04. The van der Waals surface area contributed by atoms with Gasteiger partial charge in [0.25, 0.3) is 0 Å². The van der Waals surface area contributed by atoms with Crippen molar-refractivity contribution in [1.29, 1.82) is 0 Å². The summed E-state index contributed by atoms with van der Waals surface area (Å²) in [4.78, 5) is 11.7. The summed E-state index contributed by atoms with van der Waals surface area (Å²) in [5.74, 6) is 0. The van der Waals surface area contributed by atoms with E-state index in [9.17, 15) is 0 Å². The number of hydrogen-bond donors (Lipinski definition) is 0. The first-order valence-corrected chi connectivity index (χ1v) is 13.9. The van der Waals surface area contributed by atoms with Gasteiger partial charge in [0.2, 0.25) is 0 Å². The Hall–Kier alpha value is -4.47. The molecule has 188 valence electrons. The molecule has 0 radical (unpaired) electrons. The molecule has 0 fully saturated rings. The molecular formula is C36H28N2S. The van der Waals surface area contributed by atoms with Gasteiger partial charge in [-0.3, -0.25) is 9.97 Å².